The summed E-state index contributed by atoms with van der Waals surface area (Å²) in [6.07, 6.45) is 0.848. The number of anilines is 1. The minimum absolute atomic E-state index is 0.155. The number of nitrogens with two attached hydrogens (primary N) is 1. The molecule has 0 aliphatic rings. The van der Waals surface area contributed by atoms with Crippen molar-refractivity contribution in [3.8, 4) is 0 Å². The molecule has 6 heteroatoms. The smallest absolute Gasteiger partial charge is 0.244 e. The van der Waals surface area contributed by atoms with Crippen molar-refractivity contribution in [3.63, 3.8) is 0 Å². The molecule has 108 valence electrons. The van der Waals surface area contributed by atoms with Gasteiger partial charge >= 0.3 is 0 Å². The van der Waals surface area contributed by atoms with Crippen LogP contribution >= 0.6 is 0 Å². The summed E-state index contributed by atoms with van der Waals surface area (Å²) in [6.45, 7) is 6.63. The molecule has 1 unspecified atom stereocenters. The molecule has 0 bridgehead atoms. The number of rotatable bonds is 5. The minimum atomic E-state index is -0.675. The van der Waals surface area contributed by atoms with E-state index < -0.39 is 6.04 Å². The zero-order valence-electron chi connectivity index (χ0n) is 12.4. The fourth-order valence-corrected chi connectivity index (χ4v) is 1.75. The number of methoxy groups -OCH3 is 1. The van der Waals surface area contributed by atoms with Gasteiger partial charge in [-0.15, -0.1) is 0 Å². The van der Waals surface area contributed by atoms with Crippen LogP contribution in [0.15, 0.2) is 6.07 Å². The van der Waals surface area contributed by atoms with E-state index in [1.54, 1.807) is 11.7 Å². The second kappa shape index (κ2) is 6.16. The summed E-state index contributed by atoms with van der Waals surface area (Å²) in [5.41, 5.74) is 6.77. The molecular formula is C13H24N4O2. The molecule has 0 aliphatic carbocycles. The number of ether oxygens (including phenoxy) is 1. The third-order valence-corrected chi connectivity index (χ3v) is 2.58. The second-order valence-corrected chi connectivity index (χ2v) is 5.93. The molecule has 1 heterocycles. The maximum Gasteiger partial charge on any atom is 0.244 e. The Labute approximate surface area is 114 Å². The van der Waals surface area contributed by atoms with Gasteiger partial charge < -0.3 is 15.8 Å². The molecule has 19 heavy (non-hydrogen) atoms. The first-order valence-corrected chi connectivity index (χ1v) is 6.31. The Hall–Kier alpha value is -1.40. The van der Waals surface area contributed by atoms with Gasteiger partial charge in [0.05, 0.1) is 12.3 Å². The number of aromatic nitrogens is 2. The van der Waals surface area contributed by atoms with E-state index >= 15 is 0 Å². The fourth-order valence-electron chi connectivity index (χ4n) is 1.75. The number of nitrogens with zero attached hydrogens (tertiary/aromatic N) is 2. The molecule has 1 rings (SSSR count). The van der Waals surface area contributed by atoms with Crippen molar-refractivity contribution < 1.29 is 9.53 Å². The summed E-state index contributed by atoms with van der Waals surface area (Å²) in [4.78, 5) is 11.8. The summed E-state index contributed by atoms with van der Waals surface area (Å²) < 4.78 is 6.51. The highest BCUT2D eigenvalue weighted by Crippen LogP contribution is 2.21. The number of hydrogen-bond acceptors (Lipinski definition) is 4. The van der Waals surface area contributed by atoms with Crippen LogP contribution in [0, 0.1) is 5.41 Å². The van der Waals surface area contributed by atoms with Gasteiger partial charge in [-0.25, -0.2) is 0 Å². The molecule has 1 atom stereocenters. The van der Waals surface area contributed by atoms with Crippen LogP contribution in [0.2, 0.25) is 0 Å². The Morgan fingerprint density at radius 2 is 2.21 bits per heavy atom. The molecule has 0 saturated carbocycles. The average molecular weight is 268 g/mol. The van der Waals surface area contributed by atoms with Gasteiger partial charge in [-0.3, -0.25) is 9.48 Å². The van der Waals surface area contributed by atoms with E-state index in [9.17, 15) is 4.79 Å². The van der Waals surface area contributed by atoms with Crippen molar-refractivity contribution >= 4 is 11.7 Å². The van der Waals surface area contributed by atoms with Crippen LogP contribution in [0.3, 0.4) is 0 Å². The van der Waals surface area contributed by atoms with Crippen LogP contribution in [-0.4, -0.2) is 35.4 Å². The summed E-state index contributed by atoms with van der Waals surface area (Å²) in [5, 5.41) is 7.14. The largest absolute Gasteiger partial charge is 0.383 e. The molecule has 1 amide bonds. The van der Waals surface area contributed by atoms with Crippen molar-refractivity contribution in [2.45, 2.75) is 33.2 Å². The molecule has 0 fully saturated rings. The second-order valence-electron chi connectivity index (χ2n) is 5.93. The lowest BCUT2D eigenvalue weighted by Crippen LogP contribution is -2.39. The van der Waals surface area contributed by atoms with Gasteiger partial charge in [0, 0.05) is 20.2 Å². The normalized spacial score (nSPS) is 13.4. The maximum absolute atomic E-state index is 11.8. The van der Waals surface area contributed by atoms with Gasteiger partial charge in [0.15, 0.2) is 0 Å². The monoisotopic (exact) mass is 268 g/mol. The highest BCUT2D eigenvalue weighted by Gasteiger charge is 2.18. The summed E-state index contributed by atoms with van der Waals surface area (Å²) >= 11 is 0. The van der Waals surface area contributed by atoms with Crippen molar-refractivity contribution in [2.75, 3.05) is 19.0 Å². The van der Waals surface area contributed by atoms with E-state index in [1.165, 1.54) is 7.11 Å². The van der Waals surface area contributed by atoms with Gasteiger partial charge in [-0.1, -0.05) is 20.8 Å². The van der Waals surface area contributed by atoms with Crippen LogP contribution < -0.4 is 11.1 Å². The molecule has 0 saturated heterocycles. The SMILES string of the molecule is COCC(N)C(=O)Nc1cc(CC(C)(C)C)nn1C. The highest BCUT2D eigenvalue weighted by molar-refractivity contribution is 5.94. The fraction of sp³-hybridized carbons (Fsp3) is 0.692. The standard InChI is InChI=1S/C13H24N4O2/c1-13(2,3)7-9-6-11(17(4)16-9)15-12(18)10(14)8-19-5/h6,10H,7-8,14H2,1-5H3,(H,15,18). The molecule has 0 radical (unpaired) electrons. The summed E-state index contributed by atoms with van der Waals surface area (Å²) in [5.74, 6) is 0.378. The third kappa shape index (κ3) is 5.00. The summed E-state index contributed by atoms with van der Waals surface area (Å²) in [6, 6.07) is 1.20. The van der Waals surface area contributed by atoms with Gasteiger partial charge in [0.25, 0.3) is 0 Å². The molecule has 1 aromatic rings. The van der Waals surface area contributed by atoms with Crippen molar-refractivity contribution in [2.24, 2.45) is 18.2 Å². The average Bonchev–Trinajstić information content (AvgIpc) is 2.56. The van der Waals surface area contributed by atoms with Gasteiger partial charge in [-0.05, 0) is 11.8 Å². The third-order valence-electron chi connectivity index (χ3n) is 2.58. The summed E-state index contributed by atoms with van der Waals surface area (Å²) in [7, 11) is 3.31. The number of amides is 1. The maximum atomic E-state index is 11.8. The number of carbonyl (C=O) groups excluding carboxylic acids is 1. The van der Waals surface area contributed by atoms with Crippen LogP contribution in [0.1, 0.15) is 26.5 Å². The first kappa shape index (κ1) is 15.7. The van der Waals surface area contributed by atoms with E-state index in [2.05, 4.69) is 31.2 Å². The number of aryl methyl sites for hydroxylation is 1. The first-order chi connectivity index (χ1) is 8.73. The predicted molar refractivity (Wildman–Crippen MR) is 74.8 cm³/mol. The van der Waals surface area contributed by atoms with Gasteiger partial charge in [0.2, 0.25) is 5.91 Å². The highest BCUT2D eigenvalue weighted by atomic mass is 16.5. The number of nitrogens with one attached hydrogen (secondary N) is 1. The number of hydrogen-bond donors (Lipinski definition) is 2. The molecule has 0 aromatic carbocycles. The Balaban J connectivity index is 2.72. The first-order valence-electron chi connectivity index (χ1n) is 6.31. The lowest BCUT2D eigenvalue weighted by molar-refractivity contribution is -0.118. The Morgan fingerprint density at radius 3 is 2.74 bits per heavy atom. The van der Waals surface area contributed by atoms with Crippen LogP contribution in [0.5, 0.6) is 0 Å². The Bertz CT molecular complexity index is 434. The van der Waals surface area contributed by atoms with Gasteiger partial charge in [0.1, 0.15) is 11.9 Å². The zero-order valence-corrected chi connectivity index (χ0v) is 12.4. The quantitative estimate of drug-likeness (QED) is 0.832. The van der Waals surface area contributed by atoms with Crippen molar-refractivity contribution in [3.05, 3.63) is 11.8 Å². The van der Waals surface area contributed by atoms with E-state index in [1.807, 2.05) is 6.07 Å². The molecule has 0 spiro atoms. The molecule has 1 aromatic heterocycles. The van der Waals surface area contributed by atoms with Crippen LogP contribution in [0.4, 0.5) is 5.82 Å². The van der Waals surface area contributed by atoms with E-state index in [4.69, 9.17) is 10.5 Å². The van der Waals surface area contributed by atoms with E-state index in [0.717, 1.165) is 12.1 Å². The van der Waals surface area contributed by atoms with Crippen LogP contribution in [0.25, 0.3) is 0 Å². The Kier molecular flexibility index (Phi) is 5.08. The predicted octanol–water partition coefficient (Wildman–Crippen LogP) is 0.921. The lowest BCUT2D eigenvalue weighted by Gasteiger charge is -2.15. The molecule has 3 N–H and O–H groups in total. The van der Waals surface area contributed by atoms with Crippen LogP contribution in [-0.2, 0) is 23.0 Å². The van der Waals surface area contributed by atoms with E-state index in [0.29, 0.717) is 5.82 Å². The Morgan fingerprint density at radius 1 is 1.58 bits per heavy atom. The van der Waals surface area contributed by atoms with Gasteiger partial charge in [-0.2, -0.15) is 5.10 Å². The van der Waals surface area contributed by atoms with Crippen molar-refractivity contribution in [1.29, 1.82) is 0 Å². The molecular weight excluding hydrogens is 244 g/mol. The minimum Gasteiger partial charge on any atom is -0.383 e. The molecule has 0 aliphatic heterocycles. The molecule has 6 nitrogen and oxygen atoms in total. The lowest BCUT2D eigenvalue weighted by atomic mass is 9.91. The van der Waals surface area contributed by atoms with Crippen molar-refractivity contribution in [1.82, 2.24) is 9.78 Å². The zero-order chi connectivity index (χ0) is 14.6. The topological polar surface area (TPSA) is 82.2 Å². The van der Waals surface area contributed by atoms with E-state index in [-0.39, 0.29) is 17.9 Å². The number of carbonyl (C=O) groups is 1.